The summed E-state index contributed by atoms with van der Waals surface area (Å²) in [4.78, 5) is 17.9. The van der Waals surface area contributed by atoms with Gasteiger partial charge in [0.25, 0.3) is 0 Å². The van der Waals surface area contributed by atoms with Gasteiger partial charge in [0, 0.05) is 49.2 Å². The van der Waals surface area contributed by atoms with E-state index in [0.29, 0.717) is 31.0 Å². The van der Waals surface area contributed by atoms with Crippen molar-refractivity contribution in [2.45, 2.75) is 77.8 Å². The number of fused-ring (bicyclic) bond motifs is 1. The Hall–Kier alpha value is -2.25. The van der Waals surface area contributed by atoms with Crippen LogP contribution in [0.2, 0.25) is 0 Å². The van der Waals surface area contributed by atoms with Gasteiger partial charge in [-0.05, 0) is 75.3 Å². The molecule has 0 saturated carbocycles. The Kier molecular flexibility index (Phi) is 10.2. The molecule has 0 aromatic heterocycles. The molecule has 214 valence electrons. The number of nitrogens with zero attached hydrogens (tertiary/aromatic N) is 2. The average molecular weight is 536 g/mol. The van der Waals surface area contributed by atoms with Crippen LogP contribution in [0.15, 0.2) is 42.5 Å². The summed E-state index contributed by atoms with van der Waals surface area (Å²) in [5, 5.41) is 13.9. The summed E-state index contributed by atoms with van der Waals surface area (Å²) in [6, 6.07) is 15.9. The third-order valence-corrected chi connectivity index (χ3v) is 8.58. The number of aliphatic hydroxyl groups is 1. The number of carbonyl (C=O) groups is 1. The van der Waals surface area contributed by atoms with Crippen LogP contribution in [0.1, 0.15) is 69.2 Å². The summed E-state index contributed by atoms with van der Waals surface area (Å²) in [5.74, 6) is 0.726. The highest BCUT2D eigenvalue weighted by Crippen LogP contribution is 2.41. The first-order valence-electron chi connectivity index (χ1n) is 14.8. The minimum absolute atomic E-state index is 0.0312. The zero-order chi connectivity index (χ0) is 28.0. The number of aryl methyl sites for hydroxylation is 1. The molecule has 2 aliphatic rings. The molecule has 1 unspecified atom stereocenters. The number of rotatable bonds is 12. The molecule has 0 spiro atoms. The van der Waals surface area contributed by atoms with Crippen LogP contribution in [0.25, 0.3) is 0 Å². The fourth-order valence-corrected chi connectivity index (χ4v) is 5.94. The van der Waals surface area contributed by atoms with Crippen LogP contribution in [0, 0.1) is 12.8 Å². The van der Waals surface area contributed by atoms with E-state index in [2.05, 4.69) is 87.3 Å². The number of hydrogen-bond donors (Lipinski definition) is 2. The van der Waals surface area contributed by atoms with Crippen LogP contribution in [-0.4, -0.2) is 74.0 Å². The maximum Gasteiger partial charge on any atom is 0.227 e. The van der Waals surface area contributed by atoms with Gasteiger partial charge in [0.2, 0.25) is 5.91 Å². The molecule has 0 bridgehead atoms. The lowest BCUT2D eigenvalue weighted by Gasteiger charge is -2.35. The fraction of sp³-hybridized carbons (Fsp3) is 0.606. The van der Waals surface area contributed by atoms with E-state index in [-0.39, 0.29) is 12.5 Å². The minimum Gasteiger partial charge on any atom is -0.395 e. The van der Waals surface area contributed by atoms with E-state index in [4.69, 9.17) is 4.74 Å². The summed E-state index contributed by atoms with van der Waals surface area (Å²) >= 11 is 0. The third-order valence-electron chi connectivity index (χ3n) is 8.58. The molecule has 1 fully saturated rings. The second-order valence-corrected chi connectivity index (χ2v) is 12.4. The van der Waals surface area contributed by atoms with Crippen molar-refractivity contribution in [3.05, 3.63) is 64.7 Å². The molecule has 2 N–H and O–H groups in total. The van der Waals surface area contributed by atoms with Gasteiger partial charge in [-0.2, -0.15) is 0 Å². The molecule has 0 radical (unpaired) electrons. The molecule has 1 saturated heterocycles. The van der Waals surface area contributed by atoms with Crippen molar-refractivity contribution in [2.75, 3.05) is 50.9 Å². The number of anilines is 1. The molecule has 1 amide bonds. The Morgan fingerprint density at radius 1 is 1.18 bits per heavy atom. The van der Waals surface area contributed by atoms with E-state index in [1.807, 2.05) is 4.90 Å². The number of amides is 1. The Bertz CT molecular complexity index is 1090. The predicted octanol–water partition coefficient (Wildman–Crippen LogP) is 4.69. The number of benzene rings is 2. The zero-order valence-electron chi connectivity index (χ0n) is 24.7. The second kappa shape index (κ2) is 13.4. The molecule has 2 aromatic carbocycles. The van der Waals surface area contributed by atoms with Gasteiger partial charge in [-0.15, -0.1) is 0 Å². The maximum atomic E-state index is 13.4. The van der Waals surface area contributed by atoms with Crippen LogP contribution in [0.5, 0.6) is 0 Å². The number of aliphatic hydroxyl groups excluding tert-OH is 1. The highest BCUT2D eigenvalue weighted by molar-refractivity contribution is 5.96. The van der Waals surface area contributed by atoms with Crippen LogP contribution in [0.4, 0.5) is 5.69 Å². The van der Waals surface area contributed by atoms with Crippen molar-refractivity contribution in [1.82, 2.24) is 10.2 Å². The monoisotopic (exact) mass is 535 g/mol. The van der Waals surface area contributed by atoms with Gasteiger partial charge in [-0.3, -0.25) is 9.69 Å². The Morgan fingerprint density at radius 3 is 2.64 bits per heavy atom. The molecule has 4 rings (SSSR count). The summed E-state index contributed by atoms with van der Waals surface area (Å²) < 4.78 is 5.56. The molecule has 0 aliphatic carbocycles. The maximum absolute atomic E-state index is 13.4. The summed E-state index contributed by atoms with van der Waals surface area (Å²) in [5.41, 5.74) is 5.33. The van der Waals surface area contributed by atoms with Gasteiger partial charge < -0.3 is 20.1 Å². The number of hydrogen-bond acceptors (Lipinski definition) is 5. The Morgan fingerprint density at radius 2 is 1.92 bits per heavy atom. The van der Waals surface area contributed by atoms with Crippen LogP contribution in [-0.2, 0) is 21.4 Å². The van der Waals surface area contributed by atoms with E-state index in [0.717, 1.165) is 63.4 Å². The van der Waals surface area contributed by atoms with Gasteiger partial charge in [-0.25, -0.2) is 0 Å². The number of carbonyl (C=O) groups excluding carboxylic acids is 1. The second-order valence-electron chi connectivity index (χ2n) is 12.4. The lowest BCUT2D eigenvalue weighted by molar-refractivity contribution is -0.118. The van der Waals surface area contributed by atoms with Crippen molar-refractivity contribution >= 4 is 11.6 Å². The van der Waals surface area contributed by atoms with Crippen molar-refractivity contribution < 1.29 is 14.6 Å². The Labute approximate surface area is 235 Å². The molecular formula is C33H49N3O3. The highest BCUT2D eigenvalue weighted by atomic mass is 16.5. The van der Waals surface area contributed by atoms with Crippen LogP contribution < -0.4 is 10.2 Å². The standard InChI is InChI=1S/C33H49N3O3/c1-24-9-11-28(12-10-24)17-29-13-14-30-31(18-29)36(22-33(30,5)23-37)32(38)8-6-7-26(3)34-19-25(2)20-35-15-16-39-21-27(35)4/h9-14,18,25-27,34,37H,6-8,15-17,19-23H2,1-5H3/t25-,26-,27-,33?/m1/s1. The number of ether oxygens (including phenoxy) is 1. The molecule has 6 nitrogen and oxygen atoms in total. The predicted molar refractivity (Wildman–Crippen MR) is 160 cm³/mol. The SMILES string of the molecule is Cc1ccc(Cc2ccc3c(c2)N(C(=O)CCC[C@@H](C)NC[C@@H](C)CN2CCOC[C@H]2C)CC3(C)CO)cc1. The third kappa shape index (κ3) is 7.69. The molecule has 39 heavy (non-hydrogen) atoms. The summed E-state index contributed by atoms with van der Waals surface area (Å²) in [6.45, 7) is 16.3. The first-order valence-corrected chi connectivity index (χ1v) is 14.8. The van der Waals surface area contributed by atoms with E-state index < -0.39 is 5.41 Å². The van der Waals surface area contributed by atoms with Crippen molar-refractivity contribution in [3.8, 4) is 0 Å². The zero-order valence-corrected chi connectivity index (χ0v) is 24.7. The van der Waals surface area contributed by atoms with E-state index in [1.54, 1.807) is 0 Å². The largest absolute Gasteiger partial charge is 0.395 e. The van der Waals surface area contributed by atoms with Crippen molar-refractivity contribution in [1.29, 1.82) is 0 Å². The molecule has 2 aliphatic heterocycles. The molecular weight excluding hydrogens is 486 g/mol. The average Bonchev–Trinajstić information content (AvgIpc) is 3.22. The van der Waals surface area contributed by atoms with E-state index >= 15 is 0 Å². The minimum atomic E-state index is -0.420. The topological polar surface area (TPSA) is 65.0 Å². The highest BCUT2D eigenvalue weighted by Gasteiger charge is 2.40. The van der Waals surface area contributed by atoms with E-state index in [9.17, 15) is 9.90 Å². The van der Waals surface area contributed by atoms with Gasteiger partial charge in [0.05, 0.1) is 19.8 Å². The van der Waals surface area contributed by atoms with Gasteiger partial charge in [0.15, 0.2) is 0 Å². The smallest absolute Gasteiger partial charge is 0.227 e. The van der Waals surface area contributed by atoms with E-state index in [1.165, 1.54) is 16.7 Å². The number of nitrogens with one attached hydrogen (secondary N) is 1. The molecule has 2 aromatic rings. The quantitative estimate of drug-likeness (QED) is 0.413. The molecule has 6 heteroatoms. The molecule has 4 atom stereocenters. The van der Waals surface area contributed by atoms with Crippen molar-refractivity contribution in [3.63, 3.8) is 0 Å². The van der Waals surface area contributed by atoms with Gasteiger partial charge in [-0.1, -0.05) is 55.8 Å². The first-order chi connectivity index (χ1) is 18.7. The van der Waals surface area contributed by atoms with Crippen LogP contribution >= 0.6 is 0 Å². The number of morpholine rings is 1. The Balaban J connectivity index is 1.29. The van der Waals surface area contributed by atoms with Crippen LogP contribution in [0.3, 0.4) is 0 Å². The normalized spacial score (nSPS) is 23.0. The lowest BCUT2D eigenvalue weighted by Crippen LogP contribution is -2.47. The first kappa shape index (κ1) is 29.7. The summed E-state index contributed by atoms with van der Waals surface area (Å²) in [6.07, 6.45) is 3.18. The van der Waals surface area contributed by atoms with Crippen molar-refractivity contribution in [2.24, 2.45) is 5.92 Å². The molecule has 2 heterocycles. The fourth-order valence-electron chi connectivity index (χ4n) is 5.94. The lowest BCUT2D eigenvalue weighted by atomic mass is 9.85. The summed E-state index contributed by atoms with van der Waals surface area (Å²) in [7, 11) is 0. The van der Waals surface area contributed by atoms with Gasteiger partial charge >= 0.3 is 0 Å². The van der Waals surface area contributed by atoms with Gasteiger partial charge in [0.1, 0.15) is 0 Å².